The van der Waals surface area contributed by atoms with Gasteiger partial charge in [0.05, 0.1) is 6.61 Å². The Hall–Kier alpha value is -1.16. The first kappa shape index (κ1) is 11.9. The van der Waals surface area contributed by atoms with Gasteiger partial charge in [-0.1, -0.05) is 18.7 Å². The van der Waals surface area contributed by atoms with Crippen molar-refractivity contribution in [2.45, 2.75) is 13.8 Å². The van der Waals surface area contributed by atoms with Crippen LogP contribution in [-0.4, -0.2) is 17.6 Å². The maximum absolute atomic E-state index is 11.2. The molecule has 0 bridgehead atoms. The van der Waals surface area contributed by atoms with Gasteiger partial charge in [-0.25, -0.2) is 0 Å². The Labute approximate surface area is 94.2 Å². The zero-order chi connectivity index (χ0) is 11.1. The van der Waals surface area contributed by atoms with Gasteiger partial charge in [-0.05, 0) is 36.9 Å². The summed E-state index contributed by atoms with van der Waals surface area (Å²) in [6, 6.07) is 7.35. The standard InChI is InChI=1S/C11H15NO2S/c1-3-14-10-7-5-9(6-8-10)12-11(13)15-4-2/h5-8H,3-4H2,1-2H3,(H,12,13). The van der Waals surface area contributed by atoms with Crippen LogP contribution in [0.1, 0.15) is 13.8 Å². The van der Waals surface area contributed by atoms with Gasteiger partial charge in [-0.15, -0.1) is 0 Å². The summed E-state index contributed by atoms with van der Waals surface area (Å²) in [6.07, 6.45) is 0. The lowest BCUT2D eigenvalue weighted by molar-refractivity contribution is 0.270. The highest BCUT2D eigenvalue weighted by Gasteiger charge is 2.00. The summed E-state index contributed by atoms with van der Waals surface area (Å²) in [7, 11) is 0. The van der Waals surface area contributed by atoms with Crippen LogP contribution in [0.4, 0.5) is 10.5 Å². The number of ether oxygens (including phenoxy) is 1. The molecule has 1 rings (SSSR count). The van der Waals surface area contributed by atoms with E-state index in [2.05, 4.69) is 5.32 Å². The molecule has 0 unspecified atom stereocenters. The van der Waals surface area contributed by atoms with Crippen molar-refractivity contribution in [2.75, 3.05) is 17.7 Å². The summed E-state index contributed by atoms with van der Waals surface area (Å²) in [5.74, 6) is 1.60. The van der Waals surface area contributed by atoms with Crippen LogP contribution in [0.2, 0.25) is 0 Å². The highest BCUT2D eigenvalue weighted by atomic mass is 32.2. The van der Waals surface area contributed by atoms with Crippen molar-refractivity contribution >= 4 is 22.7 Å². The topological polar surface area (TPSA) is 38.3 Å². The third-order valence-corrected chi connectivity index (χ3v) is 2.34. The lowest BCUT2D eigenvalue weighted by Gasteiger charge is -2.05. The maximum atomic E-state index is 11.2. The summed E-state index contributed by atoms with van der Waals surface area (Å²) in [4.78, 5) is 11.2. The first-order valence-electron chi connectivity index (χ1n) is 4.93. The molecule has 0 aromatic heterocycles. The van der Waals surface area contributed by atoms with Crippen LogP contribution in [0.5, 0.6) is 5.75 Å². The number of amides is 1. The first-order valence-corrected chi connectivity index (χ1v) is 5.91. The number of carbonyl (C=O) groups excluding carboxylic acids is 1. The molecule has 82 valence electrons. The second-order valence-corrected chi connectivity index (χ2v) is 4.04. The van der Waals surface area contributed by atoms with Crippen LogP contribution >= 0.6 is 11.8 Å². The predicted octanol–water partition coefficient (Wildman–Crippen LogP) is 3.37. The number of hydrogen-bond donors (Lipinski definition) is 1. The Morgan fingerprint density at radius 3 is 2.53 bits per heavy atom. The number of anilines is 1. The van der Waals surface area contributed by atoms with E-state index in [1.807, 2.05) is 38.1 Å². The third-order valence-electron chi connectivity index (χ3n) is 1.69. The van der Waals surface area contributed by atoms with Crippen LogP contribution in [0.3, 0.4) is 0 Å². The second kappa shape index (κ2) is 6.35. The van der Waals surface area contributed by atoms with Crippen LogP contribution in [-0.2, 0) is 0 Å². The quantitative estimate of drug-likeness (QED) is 0.853. The van der Waals surface area contributed by atoms with Gasteiger partial charge in [0, 0.05) is 5.69 Å². The maximum Gasteiger partial charge on any atom is 0.283 e. The minimum Gasteiger partial charge on any atom is -0.494 e. The molecule has 0 aliphatic heterocycles. The Kier molecular flexibility index (Phi) is 5.04. The minimum absolute atomic E-state index is 0.0262. The summed E-state index contributed by atoms with van der Waals surface area (Å²) in [6.45, 7) is 4.54. The molecule has 1 aromatic rings. The van der Waals surface area contributed by atoms with Crippen molar-refractivity contribution in [3.05, 3.63) is 24.3 Å². The van der Waals surface area contributed by atoms with Gasteiger partial charge in [0.15, 0.2) is 0 Å². The molecule has 4 heteroatoms. The second-order valence-electron chi connectivity index (χ2n) is 2.80. The molecule has 0 aliphatic carbocycles. The van der Waals surface area contributed by atoms with Crippen LogP contribution < -0.4 is 10.1 Å². The van der Waals surface area contributed by atoms with E-state index in [0.29, 0.717) is 6.61 Å². The molecule has 0 saturated heterocycles. The van der Waals surface area contributed by atoms with E-state index >= 15 is 0 Å². The fraction of sp³-hybridized carbons (Fsp3) is 0.364. The third kappa shape index (κ3) is 4.25. The van der Waals surface area contributed by atoms with Crippen molar-refractivity contribution in [1.29, 1.82) is 0 Å². The number of rotatable bonds is 4. The highest BCUT2D eigenvalue weighted by Crippen LogP contribution is 2.17. The molecular formula is C11H15NO2S. The molecule has 0 saturated carbocycles. The molecule has 0 atom stereocenters. The minimum atomic E-state index is -0.0262. The Morgan fingerprint density at radius 2 is 2.00 bits per heavy atom. The normalized spacial score (nSPS) is 9.73. The van der Waals surface area contributed by atoms with E-state index in [-0.39, 0.29) is 5.24 Å². The zero-order valence-corrected chi connectivity index (χ0v) is 9.76. The smallest absolute Gasteiger partial charge is 0.283 e. The highest BCUT2D eigenvalue weighted by molar-refractivity contribution is 8.13. The van der Waals surface area contributed by atoms with E-state index < -0.39 is 0 Å². The van der Waals surface area contributed by atoms with Crippen LogP contribution in [0.15, 0.2) is 24.3 Å². The fourth-order valence-corrected chi connectivity index (χ4v) is 1.54. The van der Waals surface area contributed by atoms with Gasteiger partial charge < -0.3 is 10.1 Å². The monoisotopic (exact) mass is 225 g/mol. The number of nitrogens with one attached hydrogen (secondary N) is 1. The Balaban J connectivity index is 2.52. The largest absolute Gasteiger partial charge is 0.494 e. The average Bonchev–Trinajstić information content (AvgIpc) is 2.22. The van der Waals surface area contributed by atoms with Crippen LogP contribution in [0, 0.1) is 0 Å². The number of carbonyl (C=O) groups is 1. The molecule has 3 nitrogen and oxygen atoms in total. The van der Waals surface area contributed by atoms with Gasteiger partial charge in [0.2, 0.25) is 0 Å². The van der Waals surface area contributed by atoms with Gasteiger partial charge in [0.25, 0.3) is 5.24 Å². The molecule has 15 heavy (non-hydrogen) atoms. The van der Waals surface area contributed by atoms with Crippen molar-refractivity contribution in [1.82, 2.24) is 0 Å². The number of benzene rings is 1. The lowest BCUT2D eigenvalue weighted by atomic mass is 10.3. The Morgan fingerprint density at radius 1 is 1.33 bits per heavy atom. The van der Waals surface area contributed by atoms with E-state index in [1.54, 1.807) is 0 Å². The number of hydrogen-bond acceptors (Lipinski definition) is 3. The van der Waals surface area contributed by atoms with Crippen molar-refractivity contribution in [3.63, 3.8) is 0 Å². The molecule has 1 N–H and O–H groups in total. The Bertz CT molecular complexity index is 311. The van der Waals surface area contributed by atoms with Crippen molar-refractivity contribution in [3.8, 4) is 5.75 Å². The molecule has 0 heterocycles. The van der Waals surface area contributed by atoms with Crippen molar-refractivity contribution in [2.24, 2.45) is 0 Å². The van der Waals surface area contributed by atoms with E-state index in [9.17, 15) is 4.79 Å². The molecule has 0 radical (unpaired) electrons. The molecule has 0 aliphatic rings. The lowest BCUT2D eigenvalue weighted by Crippen LogP contribution is -2.04. The molecule has 1 amide bonds. The predicted molar refractivity (Wildman–Crippen MR) is 64.8 cm³/mol. The summed E-state index contributed by atoms with van der Waals surface area (Å²) in [5.41, 5.74) is 0.796. The van der Waals surface area contributed by atoms with Crippen molar-refractivity contribution < 1.29 is 9.53 Å². The average molecular weight is 225 g/mol. The summed E-state index contributed by atoms with van der Waals surface area (Å²) in [5, 5.41) is 2.75. The van der Waals surface area contributed by atoms with Gasteiger partial charge in [-0.3, -0.25) is 4.79 Å². The summed E-state index contributed by atoms with van der Waals surface area (Å²) >= 11 is 1.26. The number of thioether (sulfide) groups is 1. The molecule has 1 aromatic carbocycles. The van der Waals surface area contributed by atoms with E-state index in [1.165, 1.54) is 11.8 Å². The fourth-order valence-electron chi connectivity index (χ4n) is 1.09. The zero-order valence-electron chi connectivity index (χ0n) is 8.95. The molecular weight excluding hydrogens is 210 g/mol. The van der Waals surface area contributed by atoms with E-state index in [0.717, 1.165) is 17.2 Å². The summed E-state index contributed by atoms with van der Waals surface area (Å²) < 4.78 is 5.30. The first-order chi connectivity index (χ1) is 7.26. The van der Waals surface area contributed by atoms with Gasteiger partial charge >= 0.3 is 0 Å². The van der Waals surface area contributed by atoms with Crippen LogP contribution in [0.25, 0.3) is 0 Å². The molecule has 0 fully saturated rings. The van der Waals surface area contributed by atoms with Gasteiger partial charge in [-0.2, -0.15) is 0 Å². The SMILES string of the molecule is CCOc1ccc(NC(=O)SCC)cc1. The van der Waals surface area contributed by atoms with E-state index in [4.69, 9.17) is 4.74 Å². The molecule has 0 spiro atoms. The van der Waals surface area contributed by atoms with Gasteiger partial charge in [0.1, 0.15) is 5.75 Å².